The van der Waals surface area contributed by atoms with Crippen molar-refractivity contribution >= 4 is 17.4 Å². The summed E-state index contributed by atoms with van der Waals surface area (Å²) in [7, 11) is 0. The molecule has 16 heavy (non-hydrogen) atoms. The van der Waals surface area contributed by atoms with Crippen LogP contribution in [-0.2, 0) is 4.79 Å². The lowest BCUT2D eigenvalue weighted by molar-refractivity contribution is -0.385. The largest absolute Gasteiger partial charge is 0.481 e. The first-order chi connectivity index (χ1) is 7.43. The van der Waals surface area contributed by atoms with Gasteiger partial charge in [-0.05, 0) is 13.0 Å². The molecule has 0 aromatic heterocycles. The number of carbonyl (C=O) groups excluding carboxylic acids is 1. The maximum Gasteiger partial charge on any atom is 0.311 e. The Balaban J connectivity index is 3.23. The monoisotopic (exact) mass is 223 g/mol. The molecular weight excluding hydrogens is 214 g/mol. The number of aliphatic carboxylic acids is 1. The van der Waals surface area contributed by atoms with Crippen LogP contribution >= 0.6 is 0 Å². The highest BCUT2D eigenvalue weighted by atomic mass is 16.6. The van der Waals surface area contributed by atoms with Crippen LogP contribution in [0.2, 0.25) is 0 Å². The van der Waals surface area contributed by atoms with Crippen molar-refractivity contribution in [3.8, 4) is 0 Å². The highest BCUT2D eigenvalue weighted by molar-refractivity contribution is 6.08. The van der Waals surface area contributed by atoms with E-state index >= 15 is 0 Å². The fourth-order valence-electron chi connectivity index (χ4n) is 1.36. The zero-order chi connectivity index (χ0) is 12.3. The minimum absolute atomic E-state index is 0.160. The third-order valence-corrected chi connectivity index (χ3v) is 2.03. The topological polar surface area (TPSA) is 97.5 Å². The molecule has 1 rings (SSSR count). The van der Waals surface area contributed by atoms with Crippen LogP contribution in [0.5, 0.6) is 0 Å². The summed E-state index contributed by atoms with van der Waals surface area (Å²) in [6.45, 7) is 1.50. The molecule has 0 amide bonds. The Bertz CT molecular complexity index is 466. The number of rotatable bonds is 4. The minimum Gasteiger partial charge on any atom is -0.481 e. The van der Waals surface area contributed by atoms with E-state index < -0.39 is 23.1 Å². The standard InChI is InChI=1S/C10H9NO5/c1-6-3-2-4-7(10(6)11(15)16)8(12)5-9(13)14/h2-4H,5H2,1H3,(H,13,14). The Labute approximate surface area is 90.7 Å². The van der Waals surface area contributed by atoms with Gasteiger partial charge in [0, 0.05) is 5.56 Å². The molecule has 0 heterocycles. The molecule has 1 N–H and O–H groups in total. The number of carbonyl (C=O) groups is 2. The third-order valence-electron chi connectivity index (χ3n) is 2.03. The van der Waals surface area contributed by atoms with Gasteiger partial charge >= 0.3 is 5.97 Å². The smallest absolute Gasteiger partial charge is 0.311 e. The zero-order valence-electron chi connectivity index (χ0n) is 8.47. The Morgan fingerprint density at radius 2 is 2.06 bits per heavy atom. The van der Waals surface area contributed by atoms with Crippen LogP contribution in [-0.4, -0.2) is 21.8 Å². The molecule has 0 fully saturated rings. The molecule has 0 saturated heterocycles. The summed E-state index contributed by atoms with van der Waals surface area (Å²) >= 11 is 0. The van der Waals surface area contributed by atoms with Gasteiger partial charge in [-0.1, -0.05) is 12.1 Å². The molecule has 84 valence electrons. The third kappa shape index (κ3) is 2.41. The van der Waals surface area contributed by atoms with Gasteiger partial charge in [0.2, 0.25) is 0 Å². The molecule has 6 nitrogen and oxygen atoms in total. The van der Waals surface area contributed by atoms with E-state index in [2.05, 4.69) is 0 Å². The summed E-state index contributed by atoms with van der Waals surface area (Å²) in [5, 5.41) is 19.2. The highest BCUT2D eigenvalue weighted by Crippen LogP contribution is 2.24. The van der Waals surface area contributed by atoms with Crippen molar-refractivity contribution in [2.45, 2.75) is 13.3 Å². The quantitative estimate of drug-likeness (QED) is 0.361. The number of para-hydroxylation sites is 1. The van der Waals surface area contributed by atoms with Crippen LogP contribution in [0.1, 0.15) is 22.3 Å². The molecule has 1 aromatic carbocycles. The summed E-state index contributed by atoms with van der Waals surface area (Å²) in [5.41, 5.74) is -0.151. The Morgan fingerprint density at radius 3 is 2.56 bits per heavy atom. The second-order valence-corrected chi connectivity index (χ2v) is 3.22. The average Bonchev–Trinajstić information content (AvgIpc) is 2.15. The summed E-state index contributed by atoms with van der Waals surface area (Å²) in [4.78, 5) is 31.9. The summed E-state index contributed by atoms with van der Waals surface area (Å²) < 4.78 is 0. The number of hydrogen-bond donors (Lipinski definition) is 1. The first-order valence-corrected chi connectivity index (χ1v) is 4.42. The molecule has 0 atom stereocenters. The number of nitro groups is 1. The maximum absolute atomic E-state index is 11.4. The number of nitrogens with zero attached hydrogens (tertiary/aromatic N) is 1. The lowest BCUT2D eigenvalue weighted by Gasteiger charge is -2.02. The predicted octanol–water partition coefficient (Wildman–Crippen LogP) is 1.56. The summed E-state index contributed by atoms with van der Waals surface area (Å²) in [6.07, 6.45) is -0.746. The highest BCUT2D eigenvalue weighted by Gasteiger charge is 2.23. The molecule has 0 aliphatic rings. The molecule has 0 aliphatic carbocycles. The minimum atomic E-state index is -1.30. The number of hydrogen-bond acceptors (Lipinski definition) is 4. The number of carboxylic acids is 1. The van der Waals surface area contributed by atoms with E-state index in [4.69, 9.17) is 5.11 Å². The lowest BCUT2D eigenvalue weighted by Crippen LogP contribution is -2.10. The van der Waals surface area contributed by atoms with Gasteiger partial charge in [-0.25, -0.2) is 0 Å². The van der Waals surface area contributed by atoms with Crippen molar-refractivity contribution in [1.29, 1.82) is 0 Å². The van der Waals surface area contributed by atoms with Gasteiger partial charge in [0.15, 0.2) is 5.78 Å². The Hall–Kier alpha value is -2.24. The van der Waals surface area contributed by atoms with E-state index in [-0.39, 0.29) is 11.3 Å². The maximum atomic E-state index is 11.4. The molecule has 0 unspecified atom stereocenters. The van der Waals surface area contributed by atoms with E-state index in [0.29, 0.717) is 5.56 Å². The van der Waals surface area contributed by atoms with Crippen molar-refractivity contribution in [2.24, 2.45) is 0 Å². The van der Waals surface area contributed by atoms with Gasteiger partial charge < -0.3 is 5.11 Å². The Kier molecular flexibility index (Phi) is 3.34. The molecule has 6 heteroatoms. The Morgan fingerprint density at radius 1 is 1.44 bits per heavy atom. The van der Waals surface area contributed by atoms with Crippen LogP contribution in [0.25, 0.3) is 0 Å². The fraction of sp³-hybridized carbons (Fsp3) is 0.200. The number of benzene rings is 1. The molecule has 0 spiro atoms. The van der Waals surface area contributed by atoms with Crippen LogP contribution in [0.4, 0.5) is 5.69 Å². The molecule has 1 aromatic rings. The van der Waals surface area contributed by atoms with Crippen molar-refractivity contribution in [3.05, 3.63) is 39.4 Å². The van der Waals surface area contributed by atoms with Crippen molar-refractivity contribution in [3.63, 3.8) is 0 Å². The summed E-state index contributed by atoms with van der Waals surface area (Å²) in [5.74, 6) is -2.07. The fourth-order valence-corrected chi connectivity index (χ4v) is 1.36. The second kappa shape index (κ2) is 4.52. The van der Waals surface area contributed by atoms with E-state index in [1.54, 1.807) is 0 Å². The van der Waals surface area contributed by atoms with Gasteiger partial charge in [-0.2, -0.15) is 0 Å². The van der Waals surface area contributed by atoms with E-state index in [0.717, 1.165) is 0 Å². The van der Waals surface area contributed by atoms with Gasteiger partial charge in [-0.3, -0.25) is 19.7 Å². The summed E-state index contributed by atoms with van der Waals surface area (Å²) in [6, 6.07) is 4.24. The van der Waals surface area contributed by atoms with Gasteiger partial charge in [0.05, 0.1) is 10.5 Å². The molecule has 0 aliphatic heterocycles. The van der Waals surface area contributed by atoms with E-state index in [9.17, 15) is 19.7 Å². The number of Topliss-reactive ketones (excluding diaryl/α,β-unsaturated/α-hetero) is 1. The van der Waals surface area contributed by atoms with Crippen LogP contribution < -0.4 is 0 Å². The molecule has 0 radical (unpaired) electrons. The molecular formula is C10H9NO5. The number of nitro benzene ring substituents is 1. The van der Waals surface area contributed by atoms with Gasteiger partial charge in [0.25, 0.3) is 5.69 Å². The van der Waals surface area contributed by atoms with Crippen molar-refractivity contribution < 1.29 is 19.6 Å². The van der Waals surface area contributed by atoms with E-state index in [1.807, 2.05) is 0 Å². The lowest BCUT2D eigenvalue weighted by atomic mass is 10.0. The second-order valence-electron chi connectivity index (χ2n) is 3.22. The van der Waals surface area contributed by atoms with Crippen LogP contribution in [0, 0.1) is 17.0 Å². The van der Waals surface area contributed by atoms with Crippen molar-refractivity contribution in [2.75, 3.05) is 0 Å². The predicted molar refractivity (Wildman–Crippen MR) is 54.4 cm³/mol. The van der Waals surface area contributed by atoms with E-state index in [1.165, 1.54) is 25.1 Å². The number of ketones is 1. The first-order valence-electron chi connectivity index (χ1n) is 4.42. The first kappa shape index (κ1) is 11.8. The van der Waals surface area contributed by atoms with Crippen LogP contribution in [0.15, 0.2) is 18.2 Å². The zero-order valence-corrected chi connectivity index (χ0v) is 8.47. The molecule has 0 saturated carbocycles. The van der Waals surface area contributed by atoms with Gasteiger partial charge in [0.1, 0.15) is 6.42 Å². The normalized spacial score (nSPS) is 9.81. The van der Waals surface area contributed by atoms with Crippen molar-refractivity contribution in [1.82, 2.24) is 0 Å². The molecule has 0 bridgehead atoms. The SMILES string of the molecule is Cc1cccc(C(=O)CC(=O)O)c1[N+](=O)[O-]. The number of aryl methyl sites for hydroxylation is 1. The average molecular weight is 223 g/mol. The van der Waals surface area contributed by atoms with Gasteiger partial charge in [-0.15, -0.1) is 0 Å². The number of carboxylic acid groups (broad SMARTS) is 1. The van der Waals surface area contributed by atoms with Crippen LogP contribution in [0.3, 0.4) is 0 Å².